The first-order valence-electron chi connectivity index (χ1n) is 17.5. The highest BCUT2D eigenvalue weighted by Crippen LogP contribution is 2.31. The monoisotopic (exact) mass is 660 g/mol. The number of unbranched alkanes of at least 4 members (excludes halogenated alkanes) is 10. The summed E-state index contributed by atoms with van der Waals surface area (Å²) in [6.07, 6.45) is 3.15. The number of hydrogen-bond donors (Lipinski definition) is 2. The molecule has 12 heteroatoms. The van der Waals surface area contributed by atoms with E-state index in [-0.39, 0.29) is 32.3 Å². The van der Waals surface area contributed by atoms with Crippen molar-refractivity contribution in [3.8, 4) is 0 Å². The molecule has 1 fully saturated rings. The summed E-state index contributed by atoms with van der Waals surface area (Å²) in [4.78, 5) is 51.6. The minimum atomic E-state index is -1.73. The van der Waals surface area contributed by atoms with E-state index in [1.165, 1.54) is 0 Å². The van der Waals surface area contributed by atoms with Crippen LogP contribution in [0.4, 0.5) is 0 Å². The van der Waals surface area contributed by atoms with Crippen molar-refractivity contribution in [2.45, 2.75) is 180 Å². The number of rotatable bonds is 26. The molecular formula is C34H60O12. The van der Waals surface area contributed by atoms with Crippen LogP contribution in [-0.2, 0) is 47.6 Å². The molecule has 6 atom stereocenters. The lowest BCUT2D eigenvalue weighted by molar-refractivity contribution is -0.338. The van der Waals surface area contributed by atoms with E-state index in [1.54, 1.807) is 0 Å². The summed E-state index contributed by atoms with van der Waals surface area (Å²) in [5, 5.41) is 19.7. The SMILES string of the molecule is CCCCCCCC(=O)O[C@@H]1[C@@H](OC(O)CO)O[C@H](COC(=O)CCCCC)[C@@H](OC(=O)CCCCC)[C@@H]1OC(=O)CCCCC. The van der Waals surface area contributed by atoms with Gasteiger partial charge in [-0.1, -0.05) is 91.9 Å². The Morgan fingerprint density at radius 1 is 0.587 bits per heavy atom. The molecule has 0 bridgehead atoms. The Balaban J connectivity index is 3.40. The molecule has 0 aromatic rings. The van der Waals surface area contributed by atoms with Crippen molar-refractivity contribution in [2.75, 3.05) is 13.2 Å². The molecule has 0 aromatic carbocycles. The maximum atomic E-state index is 13.1. The van der Waals surface area contributed by atoms with Crippen molar-refractivity contribution in [1.82, 2.24) is 0 Å². The molecule has 46 heavy (non-hydrogen) atoms. The topological polar surface area (TPSA) is 164 Å². The van der Waals surface area contributed by atoms with Crippen molar-refractivity contribution in [1.29, 1.82) is 0 Å². The van der Waals surface area contributed by atoms with Gasteiger partial charge in [-0.05, 0) is 25.7 Å². The van der Waals surface area contributed by atoms with E-state index >= 15 is 0 Å². The molecule has 1 heterocycles. The van der Waals surface area contributed by atoms with Crippen LogP contribution >= 0.6 is 0 Å². The number of esters is 4. The maximum Gasteiger partial charge on any atom is 0.306 e. The van der Waals surface area contributed by atoms with Crippen molar-refractivity contribution in [3.63, 3.8) is 0 Å². The lowest BCUT2D eigenvalue weighted by atomic mass is 9.97. The van der Waals surface area contributed by atoms with Crippen LogP contribution in [-0.4, -0.2) is 84.3 Å². The number of carbonyl (C=O) groups excluding carboxylic acids is 4. The van der Waals surface area contributed by atoms with Crippen LogP contribution in [0.2, 0.25) is 0 Å². The standard InChI is InChI=1S/C34H60O12/c1-5-9-13-14-18-22-29(39)45-33-32(44-28(38)21-17-12-8-4)31(43-27(37)20-16-11-7-3)25(42-34(33)46-30(40)23-35)24-41-26(36)19-15-10-6-2/h25,30-35,40H,5-24H2,1-4H3/t25-,30?,31-,32+,33+,34-/m1/s1. The second kappa shape index (κ2) is 25.8. The van der Waals surface area contributed by atoms with Gasteiger partial charge in [-0.3, -0.25) is 19.2 Å². The predicted octanol–water partition coefficient (Wildman–Crippen LogP) is 5.42. The Morgan fingerprint density at radius 2 is 1.00 bits per heavy atom. The number of carbonyl (C=O) groups is 4. The van der Waals surface area contributed by atoms with Crippen LogP contribution in [0.5, 0.6) is 0 Å². The van der Waals surface area contributed by atoms with Gasteiger partial charge in [0, 0.05) is 25.7 Å². The third-order valence-corrected chi connectivity index (χ3v) is 7.69. The molecule has 2 N–H and O–H groups in total. The van der Waals surface area contributed by atoms with Crippen molar-refractivity contribution in [2.24, 2.45) is 0 Å². The summed E-state index contributed by atoms with van der Waals surface area (Å²) < 4.78 is 34.5. The number of ether oxygens (including phenoxy) is 6. The highest BCUT2D eigenvalue weighted by Gasteiger charge is 2.53. The molecule has 0 amide bonds. The minimum absolute atomic E-state index is 0.0718. The van der Waals surface area contributed by atoms with Gasteiger partial charge in [0.1, 0.15) is 12.7 Å². The molecule has 1 aliphatic rings. The van der Waals surface area contributed by atoms with E-state index in [9.17, 15) is 29.4 Å². The smallest absolute Gasteiger partial charge is 0.306 e. The summed E-state index contributed by atoms with van der Waals surface area (Å²) in [5.41, 5.74) is 0. The van der Waals surface area contributed by atoms with Gasteiger partial charge < -0.3 is 38.6 Å². The highest BCUT2D eigenvalue weighted by molar-refractivity contribution is 5.72. The van der Waals surface area contributed by atoms with Crippen LogP contribution in [0.3, 0.4) is 0 Å². The Bertz CT molecular complexity index is 850. The zero-order chi connectivity index (χ0) is 34.2. The molecule has 1 aliphatic heterocycles. The van der Waals surface area contributed by atoms with Crippen molar-refractivity contribution in [3.05, 3.63) is 0 Å². The Kier molecular flexibility index (Phi) is 23.4. The van der Waals surface area contributed by atoms with Crippen molar-refractivity contribution >= 4 is 23.9 Å². The molecular weight excluding hydrogens is 600 g/mol. The summed E-state index contributed by atoms with van der Waals surface area (Å²) in [5.74, 6) is -2.28. The van der Waals surface area contributed by atoms with E-state index < -0.39 is 67.5 Å². The van der Waals surface area contributed by atoms with Gasteiger partial charge in [0.2, 0.25) is 6.29 Å². The zero-order valence-corrected chi connectivity index (χ0v) is 28.6. The first-order valence-corrected chi connectivity index (χ1v) is 17.5. The van der Waals surface area contributed by atoms with Crippen LogP contribution in [0, 0.1) is 0 Å². The first-order chi connectivity index (χ1) is 22.2. The third-order valence-electron chi connectivity index (χ3n) is 7.69. The fourth-order valence-electron chi connectivity index (χ4n) is 5.03. The van der Waals surface area contributed by atoms with Gasteiger partial charge in [0.15, 0.2) is 24.6 Å². The quantitative estimate of drug-likeness (QED) is 0.0525. The summed E-state index contributed by atoms with van der Waals surface area (Å²) in [6, 6.07) is 0. The van der Waals surface area contributed by atoms with E-state index in [1.807, 2.05) is 20.8 Å². The second-order valence-electron chi connectivity index (χ2n) is 11.9. The third kappa shape index (κ3) is 17.6. The molecule has 1 unspecified atom stereocenters. The Labute approximate surface area is 275 Å². The average molecular weight is 661 g/mol. The normalized spacial score (nSPS) is 21.7. The summed E-state index contributed by atoms with van der Waals surface area (Å²) in [7, 11) is 0. The Morgan fingerprint density at radius 3 is 1.50 bits per heavy atom. The van der Waals surface area contributed by atoms with Gasteiger partial charge >= 0.3 is 23.9 Å². The molecule has 0 aliphatic carbocycles. The van der Waals surface area contributed by atoms with E-state index in [2.05, 4.69) is 6.92 Å². The molecule has 0 radical (unpaired) electrons. The van der Waals surface area contributed by atoms with Gasteiger partial charge in [0.05, 0.1) is 6.61 Å². The van der Waals surface area contributed by atoms with Crippen molar-refractivity contribution < 1.29 is 57.8 Å². The highest BCUT2D eigenvalue weighted by atomic mass is 16.8. The van der Waals surface area contributed by atoms with E-state index in [0.717, 1.165) is 64.2 Å². The first kappa shape index (κ1) is 41.7. The Hall–Kier alpha value is -2.28. The predicted molar refractivity (Wildman–Crippen MR) is 169 cm³/mol. The minimum Gasteiger partial charge on any atom is -0.463 e. The molecule has 0 aromatic heterocycles. The number of hydrogen-bond acceptors (Lipinski definition) is 12. The average Bonchev–Trinajstić information content (AvgIpc) is 3.03. The zero-order valence-electron chi connectivity index (χ0n) is 28.6. The van der Waals surface area contributed by atoms with Gasteiger partial charge in [-0.25, -0.2) is 0 Å². The molecule has 0 spiro atoms. The molecule has 12 nitrogen and oxygen atoms in total. The van der Waals surface area contributed by atoms with Gasteiger partial charge in [0.25, 0.3) is 0 Å². The molecule has 1 rings (SSSR count). The van der Waals surface area contributed by atoms with Crippen LogP contribution in [0.25, 0.3) is 0 Å². The molecule has 268 valence electrons. The second-order valence-corrected chi connectivity index (χ2v) is 11.9. The number of aliphatic hydroxyl groups excluding tert-OH is 2. The molecule has 1 saturated heterocycles. The van der Waals surface area contributed by atoms with Crippen LogP contribution in [0.15, 0.2) is 0 Å². The lowest BCUT2D eigenvalue weighted by Crippen LogP contribution is -2.63. The van der Waals surface area contributed by atoms with Crippen LogP contribution < -0.4 is 0 Å². The van der Waals surface area contributed by atoms with E-state index in [0.29, 0.717) is 25.7 Å². The lowest BCUT2D eigenvalue weighted by Gasteiger charge is -2.44. The maximum absolute atomic E-state index is 13.1. The van der Waals surface area contributed by atoms with Crippen LogP contribution in [0.1, 0.15) is 143 Å². The fraction of sp³-hybridized carbons (Fsp3) is 0.882. The summed E-state index contributed by atoms with van der Waals surface area (Å²) >= 11 is 0. The van der Waals surface area contributed by atoms with E-state index in [4.69, 9.17) is 28.4 Å². The molecule has 0 saturated carbocycles. The largest absolute Gasteiger partial charge is 0.463 e. The fourth-order valence-corrected chi connectivity index (χ4v) is 5.03. The number of aliphatic hydroxyl groups is 2. The summed E-state index contributed by atoms with van der Waals surface area (Å²) in [6.45, 7) is 6.93. The van der Waals surface area contributed by atoms with Gasteiger partial charge in [-0.2, -0.15) is 0 Å². The van der Waals surface area contributed by atoms with Gasteiger partial charge in [-0.15, -0.1) is 0 Å².